The summed E-state index contributed by atoms with van der Waals surface area (Å²) in [5, 5.41) is 3.61. The summed E-state index contributed by atoms with van der Waals surface area (Å²) in [7, 11) is 4.48. The number of hydrogen-bond acceptors (Lipinski definition) is 3. The number of likely N-dealkylation sites (N-methyl/N-ethyl adjacent to an activating group) is 1. The minimum Gasteiger partial charge on any atom is -0.311 e. The monoisotopic (exact) mass is 241 g/mol. The van der Waals surface area contributed by atoms with E-state index >= 15 is 0 Å². The molecule has 3 heteroatoms. The zero-order valence-electron chi connectivity index (χ0n) is 12.2. The highest BCUT2D eigenvalue weighted by Crippen LogP contribution is 2.06. The lowest BCUT2D eigenvalue weighted by Crippen LogP contribution is -2.49. The fourth-order valence-electron chi connectivity index (χ4n) is 2.44. The average Bonchev–Trinajstić information content (AvgIpc) is 2.26. The lowest BCUT2D eigenvalue weighted by molar-refractivity contribution is 0.212. The van der Waals surface area contributed by atoms with Crippen LogP contribution in [0.4, 0.5) is 0 Å². The third kappa shape index (κ3) is 7.02. The van der Waals surface area contributed by atoms with Gasteiger partial charge in [-0.05, 0) is 52.4 Å². The van der Waals surface area contributed by atoms with Crippen molar-refractivity contribution in [2.75, 3.05) is 46.8 Å². The van der Waals surface area contributed by atoms with Gasteiger partial charge in [0.2, 0.25) is 0 Å². The number of hydrogen-bond donors (Lipinski definition) is 1. The molecule has 1 atom stereocenters. The third-order valence-electron chi connectivity index (χ3n) is 3.64. The van der Waals surface area contributed by atoms with Gasteiger partial charge in [-0.1, -0.05) is 13.8 Å². The summed E-state index contributed by atoms with van der Waals surface area (Å²) in [6.07, 6.45) is 3.98. The van der Waals surface area contributed by atoms with Crippen LogP contribution in [0.3, 0.4) is 0 Å². The molecule has 0 spiro atoms. The average molecular weight is 241 g/mol. The Labute approximate surface area is 108 Å². The second kappa shape index (κ2) is 8.06. The van der Waals surface area contributed by atoms with E-state index in [9.17, 15) is 0 Å². The summed E-state index contributed by atoms with van der Waals surface area (Å²) in [6.45, 7) is 10.6. The smallest absolute Gasteiger partial charge is 0.0207 e. The van der Waals surface area contributed by atoms with Gasteiger partial charge in [0.05, 0.1) is 0 Å². The molecule has 1 saturated heterocycles. The second-order valence-electron chi connectivity index (χ2n) is 6.04. The Kier molecular flexibility index (Phi) is 7.09. The van der Waals surface area contributed by atoms with Gasteiger partial charge in [0.15, 0.2) is 0 Å². The number of nitrogens with zero attached hydrogens (tertiary/aromatic N) is 2. The van der Waals surface area contributed by atoms with Crippen molar-refractivity contribution in [1.82, 2.24) is 15.1 Å². The molecule has 1 heterocycles. The van der Waals surface area contributed by atoms with Gasteiger partial charge in [0, 0.05) is 25.7 Å². The Hall–Kier alpha value is -0.120. The maximum Gasteiger partial charge on any atom is 0.0207 e. The van der Waals surface area contributed by atoms with Crippen molar-refractivity contribution in [2.45, 2.75) is 39.2 Å². The Morgan fingerprint density at radius 2 is 2.12 bits per heavy atom. The Balaban J connectivity index is 2.04. The van der Waals surface area contributed by atoms with E-state index in [1.165, 1.54) is 45.4 Å². The first-order valence-electron chi connectivity index (χ1n) is 7.18. The SMILES string of the molecule is CC(C)CCCN(C)CCC1CN(C)CCN1. The lowest BCUT2D eigenvalue weighted by atomic mass is 10.1. The van der Waals surface area contributed by atoms with Crippen LogP contribution in [-0.2, 0) is 0 Å². The van der Waals surface area contributed by atoms with Gasteiger partial charge < -0.3 is 15.1 Å². The van der Waals surface area contributed by atoms with E-state index < -0.39 is 0 Å². The standard InChI is InChI=1S/C14H31N3/c1-13(2)6-5-9-16(3)10-7-14-12-17(4)11-8-15-14/h13-15H,5-12H2,1-4H3. The molecule has 1 unspecified atom stereocenters. The molecule has 0 aromatic rings. The zero-order chi connectivity index (χ0) is 12.7. The summed E-state index contributed by atoms with van der Waals surface area (Å²) in [4.78, 5) is 4.92. The maximum atomic E-state index is 3.61. The molecule has 1 aliphatic heterocycles. The molecular formula is C14H31N3. The molecule has 0 aromatic carbocycles. The third-order valence-corrected chi connectivity index (χ3v) is 3.64. The molecule has 17 heavy (non-hydrogen) atoms. The molecule has 0 saturated carbocycles. The van der Waals surface area contributed by atoms with Crippen molar-refractivity contribution < 1.29 is 0 Å². The topological polar surface area (TPSA) is 18.5 Å². The summed E-state index contributed by atoms with van der Waals surface area (Å²) in [5.74, 6) is 0.845. The van der Waals surface area contributed by atoms with Crippen LogP contribution >= 0.6 is 0 Å². The quantitative estimate of drug-likeness (QED) is 0.731. The van der Waals surface area contributed by atoms with Crippen LogP contribution in [0.15, 0.2) is 0 Å². The number of piperazine rings is 1. The fourth-order valence-corrected chi connectivity index (χ4v) is 2.44. The van der Waals surface area contributed by atoms with Crippen molar-refractivity contribution >= 4 is 0 Å². The number of nitrogens with one attached hydrogen (secondary N) is 1. The highest BCUT2D eigenvalue weighted by atomic mass is 15.2. The summed E-state index contributed by atoms with van der Waals surface area (Å²) in [5.41, 5.74) is 0. The van der Waals surface area contributed by atoms with Crippen molar-refractivity contribution in [1.29, 1.82) is 0 Å². The molecular weight excluding hydrogens is 210 g/mol. The van der Waals surface area contributed by atoms with E-state index in [2.05, 4.69) is 43.1 Å². The van der Waals surface area contributed by atoms with Crippen LogP contribution < -0.4 is 5.32 Å². The molecule has 1 fully saturated rings. The first-order valence-corrected chi connectivity index (χ1v) is 7.18. The highest BCUT2D eigenvalue weighted by molar-refractivity contribution is 4.77. The van der Waals surface area contributed by atoms with Crippen LogP contribution in [0.25, 0.3) is 0 Å². The fraction of sp³-hybridized carbons (Fsp3) is 1.00. The van der Waals surface area contributed by atoms with Gasteiger partial charge >= 0.3 is 0 Å². The van der Waals surface area contributed by atoms with Gasteiger partial charge in [-0.3, -0.25) is 0 Å². The Morgan fingerprint density at radius 1 is 1.35 bits per heavy atom. The molecule has 0 amide bonds. The maximum absolute atomic E-state index is 3.61. The molecule has 1 N–H and O–H groups in total. The molecule has 1 aliphatic rings. The largest absolute Gasteiger partial charge is 0.311 e. The first-order chi connectivity index (χ1) is 8.08. The predicted molar refractivity (Wildman–Crippen MR) is 75.5 cm³/mol. The van der Waals surface area contributed by atoms with E-state index in [0.717, 1.165) is 12.5 Å². The Morgan fingerprint density at radius 3 is 2.76 bits per heavy atom. The zero-order valence-corrected chi connectivity index (χ0v) is 12.2. The summed E-state index contributed by atoms with van der Waals surface area (Å²) < 4.78 is 0. The Bertz CT molecular complexity index is 194. The van der Waals surface area contributed by atoms with Crippen molar-refractivity contribution in [3.8, 4) is 0 Å². The van der Waals surface area contributed by atoms with Gasteiger partial charge in [-0.25, -0.2) is 0 Å². The second-order valence-corrected chi connectivity index (χ2v) is 6.04. The molecule has 0 aliphatic carbocycles. The van der Waals surface area contributed by atoms with Gasteiger partial charge in [0.1, 0.15) is 0 Å². The first kappa shape index (κ1) is 14.9. The van der Waals surface area contributed by atoms with Gasteiger partial charge in [0.25, 0.3) is 0 Å². The molecule has 3 nitrogen and oxygen atoms in total. The minimum atomic E-state index is 0.696. The summed E-state index contributed by atoms with van der Waals surface area (Å²) in [6, 6.07) is 0.696. The molecule has 0 bridgehead atoms. The van der Waals surface area contributed by atoms with Crippen LogP contribution in [0.1, 0.15) is 33.1 Å². The van der Waals surface area contributed by atoms with E-state index in [4.69, 9.17) is 0 Å². The lowest BCUT2D eigenvalue weighted by Gasteiger charge is -2.32. The number of rotatable bonds is 7. The highest BCUT2D eigenvalue weighted by Gasteiger charge is 2.16. The van der Waals surface area contributed by atoms with Crippen LogP contribution in [0.2, 0.25) is 0 Å². The van der Waals surface area contributed by atoms with Crippen LogP contribution in [0, 0.1) is 5.92 Å². The van der Waals surface area contributed by atoms with E-state index in [0.29, 0.717) is 6.04 Å². The van der Waals surface area contributed by atoms with Crippen molar-refractivity contribution in [2.24, 2.45) is 5.92 Å². The minimum absolute atomic E-state index is 0.696. The van der Waals surface area contributed by atoms with Crippen LogP contribution in [0.5, 0.6) is 0 Å². The van der Waals surface area contributed by atoms with Crippen molar-refractivity contribution in [3.05, 3.63) is 0 Å². The normalized spacial score (nSPS) is 22.6. The van der Waals surface area contributed by atoms with Crippen molar-refractivity contribution in [3.63, 3.8) is 0 Å². The van der Waals surface area contributed by atoms with Gasteiger partial charge in [-0.15, -0.1) is 0 Å². The molecule has 102 valence electrons. The summed E-state index contributed by atoms with van der Waals surface area (Å²) >= 11 is 0. The van der Waals surface area contributed by atoms with E-state index in [1.807, 2.05) is 0 Å². The predicted octanol–water partition coefficient (Wildman–Crippen LogP) is 1.65. The molecule has 1 rings (SSSR count). The molecule has 0 radical (unpaired) electrons. The van der Waals surface area contributed by atoms with E-state index in [1.54, 1.807) is 0 Å². The molecule has 0 aromatic heterocycles. The van der Waals surface area contributed by atoms with Gasteiger partial charge in [-0.2, -0.15) is 0 Å². The van der Waals surface area contributed by atoms with Crippen LogP contribution in [-0.4, -0.2) is 62.7 Å². The van der Waals surface area contributed by atoms with E-state index in [-0.39, 0.29) is 0 Å².